The summed E-state index contributed by atoms with van der Waals surface area (Å²) >= 11 is 0. The lowest BCUT2D eigenvalue weighted by Crippen LogP contribution is -1.99. The molecule has 0 aliphatic rings. The molecule has 1 heterocycles. The molecule has 0 aliphatic heterocycles. The molecule has 1 aromatic carbocycles. The van der Waals surface area contributed by atoms with Crippen LogP contribution in [0.5, 0.6) is 5.75 Å². The fourth-order valence-corrected chi connectivity index (χ4v) is 1.37. The molecule has 0 spiro atoms. The minimum absolute atomic E-state index is 0.140. The summed E-state index contributed by atoms with van der Waals surface area (Å²) in [5.74, 6) is 0.426. The number of hydrogen-bond acceptors (Lipinski definition) is 6. The zero-order chi connectivity index (χ0) is 12.4. The first kappa shape index (κ1) is 10.9. The van der Waals surface area contributed by atoms with Gasteiger partial charge in [0, 0.05) is 6.07 Å². The maximum atomic E-state index is 10.8. The summed E-state index contributed by atoms with van der Waals surface area (Å²) in [6.07, 6.45) is 1.46. The topological polar surface area (TPSA) is 109 Å². The Balaban J connectivity index is 2.50. The second-order valence-corrected chi connectivity index (χ2v) is 3.20. The number of benzene rings is 1. The molecule has 17 heavy (non-hydrogen) atoms. The molecule has 8 nitrogen and oxygen atoms in total. The highest BCUT2D eigenvalue weighted by Gasteiger charge is 2.16. The summed E-state index contributed by atoms with van der Waals surface area (Å²) in [6, 6.07) is 4.46. The summed E-state index contributed by atoms with van der Waals surface area (Å²) in [5, 5.41) is 18.1. The van der Waals surface area contributed by atoms with Gasteiger partial charge in [-0.15, -0.1) is 5.10 Å². The van der Waals surface area contributed by atoms with Gasteiger partial charge in [-0.3, -0.25) is 10.1 Å². The number of hydrogen-bond donors (Lipinski definition) is 1. The SMILES string of the molecule is COc1ccc(-n2cc(N)nn2)cc1[N+](=O)[O-]. The maximum absolute atomic E-state index is 10.8. The van der Waals surface area contributed by atoms with Gasteiger partial charge in [0.15, 0.2) is 11.6 Å². The van der Waals surface area contributed by atoms with Crippen LogP contribution >= 0.6 is 0 Å². The molecule has 0 amide bonds. The average molecular weight is 235 g/mol. The van der Waals surface area contributed by atoms with Gasteiger partial charge in [-0.2, -0.15) is 0 Å². The van der Waals surface area contributed by atoms with E-state index in [-0.39, 0.29) is 17.3 Å². The second-order valence-electron chi connectivity index (χ2n) is 3.20. The molecule has 0 radical (unpaired) electrons. The molecule has 0 aliphatic carbocycles. The van der Waals surface area contributed by atoms with Gasteiger partial charge in [-0.25, -0.2) is 4.68 Å². The summed E-state index contributed by atoms with van der Waals surface area (Å²) in [5.41, 5.74) is 5.76. The molecule has 0 fully saturated rings. The van der Waals surface area contributed by atoms with E-state index in [0.29, 0.717) is 5.69 Å². The van der Waals surface area contributed by atoms with Gasteiger partial charge in [0.05, 0.1) is 23.9 Å². The Labute approximate surface area is 95.8 Å². The van der Waals surface area contributed by atoms with Crippen molar-refractivity contribution in [2.75, 3.05) is 12.8 Å². The number of methoxy groups -OCH3 is 1. The van der Waals surface area contributed by atoms with Gasteiger partial charge >= 0.3 is 5.69 Å². The molecule has 88 valence electrons. The van der Waals surface area contributed by atoms with Crippen molar-refractivity contribution in [3.63, 3.8) is 0 Å². The van der Waals surface area contributed by atoms with Gasteiger partial charge in [0.1, 0.15) is 0 Å². The molecule has 2 rings (SSSR count). The molecule has 0 atom stereocenters. The molecule has 0 saturated carbocycles. The van der Waals surface area contributed by atoms with Crippen molar-refractivity contribution < 1.29 is 9.66 Å². The highest BCUT2D eigenvalue weighted by atomic mass is 16.6. The van der Waals surface area contributed by atoms with E-state index in [1.165, 1.54) is 30.1 Å². The number of rotatable bonds is 3. The summed E-state index contributed by atoms with van der Waals surface area (Å²) in [6.45, 7) is 0. The van der Waals surface area contributed by atoms with Crippen molar-refractivity contribution in [2.45, 2.75) is 0 Å². The molecular formula is C9H9N5O3. The first-order valence-electron chi connectivity index (χ1n) is 4.62. The van der Waals surface area contributed by atoms with Crippen molar-refractivity contribution in [1.82, 2.24) is 15.0 Å². The predicted octanol–water partition coefficient (Wildman–Crippen LogP) is 0.766. The number of aromatic nitrogens is 3. The van der Waals surface area contributed by atoms with E-state index < -0.39 is 4.92 Å². The number of nitrogens with two attached hydrogens (primary N) is 1. The molecule has 1 aromatic heterocycles. The monoisotopic (exact) mass is 235 g/mol. The Kier molecular flexibility index (Phi) is 2.61. The Bertz CT molecular complexity index is 566. The van der Waals surface area contributed by atoms with E-state index in [0.717, 1.165) is 0 Å². The molecule has 2 N–H and O–H groups in total. The van der Waals surface area contributed by atoms with E-state index in [1.807, 2.05) is 0 Å². The number of anilines is 1. The third kappa shape index (κ3) is 2.00. The van der Waals surface area contributed by atoms with Crippen LogP contribution in [-0.4, -0.2) is 27.0 Å². The maximum Gasteiger partial charge on any atom is 0.313 e. The third-order valence-corrected chi connectivity index (χ3v) is 2.13. The minimum atomic E-state index is -0.525. The van der Waals surface area contributed by atoms with Crippen molar-refractivity contribution in [1.29, 1.82) is 0 Å². The Morgan fingerprint density at radius 1 is 1.53 bits per heavy atom. The smallest absolute Gasteiger partial charge is 0.313 e. The zero-order valence-corrected chi connectivity index (χ0v) is 8.90. The number of nitro benzene ring substituents is 1. The van der Waals surface area contributed by atoms with E-state index in [4.69, 9.17) is 10.5 Å². The highest BCUT2D eigenvalue weighted by molar-refractivity contribution is 5.53. The fraction of sp³-hybridized carbons (Fsp3) is 0.111. The minimum Gasteiger partial charge on any atom is -0.490 e. The number of nitrogens with zero attached hydrogens (tertiary/aromatic N) is 4. The van der Waals surface area contributed by atoms with Gasteiger partial charge in [0.2, 0.25) is 0 Å². The Morgan fingerprint density at radius 2 is 2.29 bits per heavy atom. The van der Waals surface area contributed by atoms with E-state index in [2.05, 4.69) is 10.3 Å². The van der Waals surface area contributed by atoms with Crippen molar-refractivity contribution >= 4 is 11.5 Å². The van der Waals surface area contributed by atoms with Crippen LogP contribution in [0, 0.1) is 10.1 Å². The molecule has 2 aromatic rings. The summed E-state index contributed by atoms with van der Waals surface area (Å²) in [4.78, 5) is 10.3. The quantitative estimate of drug-likeness (QED) is 0.621. The molecule has 8 heteroatoms. The van der Waals surface area contributed by atoms with E-state index >= 15 is 0 Å². The Morgan fingerprint density at radius 3 is 2.82 bits per heavy atom. The van der Waals surface area contributed by atoms with Crippen LogP contribution in [0.4, 0.5) is 11.5 Å². The van der Waals surface area contributed by atoms with Crippen molar-refractivity contribution in [3.8, 4) is 11.4 Å². The zero-order valence-electron chi connectivity index (χ0n) is 8.90. The Hall–Kier alpha value is -2.64. The fourth-order valence-electron chi connectivity index (χ4n) is 1.37. The molecule has 0 saturated heterocycles. The summed E-state index contributed by atoms with van der Waals surface area (Å²) in [7, 11) is 1.37. The first-order valence-corrected chi connectivity index (χ1v) is 4.62. The van der Waals surface area contributed by atoms with Crippen LogP contribution in [-0.2, 0) is 0 Å². The van der Waals surface area contributed by atoms with Crippen LogP contribution in [0.1, 0.15) is 0 Å². The van der Waals surface area contributed by atoms with E-state index in [9.17, 15) is 10.1 Å². The van der Waals surface area contributed by atoms with Crippen molar-refractivity contribution in [2.24, 2.45) is 0 Å². The van der Waals surface area contributed by atoms with Crippen LogP contribution < -0.4 is 10.5 Å². The lowest BCUT2D eigenvalue weighted by atomic mass is 10.2. The average Bonchev–Trinajstić information content (AvgIpc) is 2.75. The molecular weight excluding hydrogens is 226 g/mol. The standard InChI is InChI=1S/C9H9N5O3/c1-17-8-3-2-6(4-7(8)14(15)16)13-5-9(10)11-12-13/h2-5H,10H2,1H3. The molecule has 0 bridgehead atoms. The predicted molar refractivity (Wildman–Crippen MR) is 59.0 cm³/mol. The second kappa shape index (κ2) is 4.08. The number of nitro groups is 1. The van der Waals surface area contributed by atoms with E-state index in [1.54, 1.807) is 6.07 Å². The first-order chi connectivity index (χ1) is 8.11. The van der Waals surface area contributed by atoms with Gasteiger partial charge in [-0.1, -0.05) is 5.21 Å². The lowest BCUT2D eigenvalue weighted by Gasteiger charge is -2.04. The van der Waals surface area contributed by atoms with Crippen LogP contribution in [0.15, 0.2) is 24.4 Å². The third-order valence-electron chi connectivity index (χ3n) is 2.13. The highest BCUT2D eigenvalue weighted by Crippen LogP contribution is 2.28. The largest absolute Gasteiger partial charge is 0.490 e. The van der Waals surface area contributed by atoms with Gasteiger partial charge in [-0.05, 0) is 12.1 Å². The van der Waals surface area contributed by atoms with Gasteiger partial charge in [0.25, 0.3) is 0 Å². The normalized spacial score (nSPS) is 10.2. The van der Waals surface area contributed by atoms with Crippen molar-refractivity contribution in [3.05, 3.63) is 34.5 Å². The van der Waals surface area contributed by atoms with Crippen LogP contribution in [0.25, 0.3) is 5.69 Å². The summed E-state index contributed by atoms with van der Waals surface area (Å²) < 4.78 is 6.24. The molecule has 0 unspecified atom stereocenters. The van der Waals surface area contributed by atoms with Gasteiger partial charge < -0.3 is 10.5 Å². The number of nitrogen functional groups attached to an aromatic ring is 1. The van der Waals surface area contributed by atoms with Crippen LogP contribution in [0.2, 0.25) is 0 Å². The number of ether oxygens (including phenoxy) is 1. The lowest BCUT2D eigenvalue weighted by molar-refractivity contribution is -0.385. The van der Waals surface area contributed by atoms with Crippen LogP contribution in [0.3, 0.4) is 0 Å².